The fourth-order valence-electron chi connectivity index (χ4n) is 1.66. The van der Waals surface area contributed by atoms with Crippen LogP contribution in [0, 0.1) is 0 Å². The number of hydrogen-bond donors (Lipinski definition) is 4. The van der Waals surface area contributed by atoms with Crippen molar-refractivity contribution in [2.24, 2.45) is 0 Å². The van der Waals surface area contributed by atoms with Crippen LogP contribution >= 0.6 is 7.60 Å². The summed E-state index contributed by atoms with van der Waals surface area (Å²) in [6, 6.07) is 0. The average Bonchev–Trinajstić information content (AvgIpc) is 2.78. The van der Waals surface area contributed by atoms with Gasteiger partial charge in [0.05, 0.1) is 25.6 Å². The molecular formula is C9H14N5O5P. The normalized spacial score (nSPS) is 13.8. The monoisotopic (exact) mass is 303 g/mol. The molecule has 11 heteroatoms. The second kappa shape index (κ2) is 5.81. The molecule has 0 saturated heterocycles. The van der Waals surface area contributed by atoms with Crippen LogP contribution in [-0.4, -0.2) is 53.5 Å². The van der Waals surface area contributed by atoms with E-state index in [1.54, 1.807) is 4.57 Å². The summed E-state index contributed by atoms with van der Waals surface area (Å²) in [5.74, 6) is 0.221. The highest BCUT2D eigenvalue weighted by Gasteiger charge is 2.19. The van der Waals surface area contributed by atoms with Crippen LogP contribution in [0.1, 0.15) is 0 Å². The predicted octanol–water partition coefficient (Wildman–Crippen LogP) is -1.08. The minimum absolute atomic E-state index is 0.116. The summed E-state index contributed by atoms with van der Waals surface area (Å²) in [5, 5.41) is 9.19. The van der Waals surface area contributed by atoms with Crippen LogP contribution in [0.25, 0.3) is 11.2 Å². The Morgan fingerprint density at radius 2 is 2.15 bits per heavy atom. The highest BCUT2D eigenvalue weighted by atomic mass is 31.2. The Kier molecular flexibility index (Phi) is 4.31. The van der Waals surface area contributed by atoms with Gasteiger partial charge in [-0.25, -0.2) is 15.0 Å². The van der Waals surface area contributed by atoms with E-state index in [1.165, 1.54) is 12.7 Å². The lowest BCUT2D eigenvalue weighted by Crippen LogP contribution is -2.24. The van der Waals surface area contributed by atoms with E-state index in [9.17, 15) is 9.67 Å². The second-order valence-corrected chi connectivity index (χ2v) is 5.68. The van der Waals surface area contributed by atoms with Crippen LogP contribution in [-0.2, 0) is 15.8 Å². The number of rotatable bonds is 6. The first-order valence-electron chi connectivity index (χ1n) is 5.59. The van der Waals surface area contributed by atoms with Crippen LogP contribution in [0.4, 0.5) is 5.82 Å². The molecule has 0 aliphatic heterocycles. The van der Waals surface area contributed by atoms with E-state index in [0.29, 0.717) is 11.2 Å². The molecule has 2 heterocycles. The van der Waals surface area contributed by atoms with Gasteiger partial charge < -0.3 is 29.9 Å². The van der Waals surface area contributed by atoms with Crippen molar-refractivity contribution in [3.05, 3.63) is 12.7 Å². The van der Waals surface area contributed by atoms with Crippen molar-refractivity contribution >= 4 is 24.6 Å². The number of nitrogens with zero attached hydrogens (tertiary/aromatic N) is 4. The van der Waals surface area contributed by atoms with Crippen molar-refractivity contribution in [3.8, 4) is 0 Å². The zero-order valence-electron chi connectivity index (χ0n) is 10.3. The van der Waals surface area contributed by atoms with E-state index < -0.39 is 26.7 Å². The fourth-order valence-corrected chi connectivity index (χ4v) is 2.06. The van der Waals surface area contributed by atoms with Gasteiger partial charge in [-0.3, -0.25) is 4.57 Å². The highest BCUT2D eigenvalue weighted by molar-refractivity contribution is 7.51. The van der Waals surface area contributed by atoms with E-state index >= 15 is 0 Å². The molecule has 20 heavy (non-hydrogen) atoms. The number of aliphatic hydroxyl groups excluding tert-OH is 1. The van der Waals surface area contributed by atoms with Gasteiger partial charge in [0.15, 0.2) is 11.5 Å². The Hall–Kier alpha value is -1.58. The zero-order chi connectivity index (χ0) is 14.8. The molecule has 0 spiro atoms. The quantitative estimate of drug-likeness (QED) is 0.487. The number of ether oxygens (including phenoxy) is 1. The molecule has 0 saturated carbocycles. The Bertz CT molecular complexity index is 641. The number of fused-ring (bicyclic) bond motifs is 1. The first kappa shape index (κ1) is 14.8. The van der Waals surface area contributed by atoms with E-state index in [-0.39, 0.29) is 12.4 Å². The molecule has 1 atom stereocenters. The maximum absolute atomic E-state index is 10.7. The fraction of sp³-hybridized carbons (Fsp3) is 0.444. The lowest BCUT2D eigenvalue weighted by Gasteiger charge is -2.17. The van der Waals surface area contributed by atoms with Gasteiger partial charge in [0.2, 0.25) is 0 Å². The zero-order valence-corrected chi connectivity index (χ0v) is 11.2. The summed E-state index contributed by atoms with van der Waals surface area (Å²) < 4.78 is 17.3. The molecule has 0 unspecified atom stereocenters. The van der Waals surface area contributed by atoms with Gasteiger partial charge in [0.25, 0.3) is 0 Å². The van der Waals surface area contributed by atoms with E-state index in [2.05, 4.69) is 15.0 Å². The van der Waals surface area contributed by atoms with Crippen molar-refractivity contribution in [1.29, 1.82) is 0 Å². The molecule has 0 aliphatic carbocycles. The molecule has 0 aliphatic rings. The predicted molar refractivity (Wildman–Crippen MR) is 68.6 cm³/mol. The lowest BCUT2D eigenvalue weighted by atomic mass is 10.3. The van der Waals surface area contributed by atoms with Gasteiger partial charge in [0, 0.05) is 0 Å². The van der Waals surface area contributed by atoms with E-state index in [1.807, 2.05) is 0 Å². The van der Waals surface area contributed by atoms with Crippen LogP contribution in [0.3, 0.4) is 0 Å². The van der Waals surface area contributed by atoms with Gasteiger partial charge in [-0.15, -0.1) is 0 Å². The van der Waals surface area contributed by atoms with Crippen molar-refractivity contribution < 1.29 is 24.2 Å². The molecule has 5 N–H and O–H groups in total. The maximum atomic E-state index is 10.7. The molecule has 0 radical (unpaired) electrons. The number of nitrogens with two attached hydrogens (primary N) is 1. The summed E-state index contributed by atoms with van der Waals surface area (Å²) in [4.78, 5) is 29.3. The van der Waals surface area contributed by atoms with E-state index in [0.717, 1.165) is 0 Å². The summed E-state index contributed by atoms with van der Waals surface area (Å²) in [7, 11) is -4.29. The minimum atomic E-state index is -4.29. The highest BCUT2D eigenvalue weighted by Crippen LogP contribution is 2.34. The summed E-state index contributed by atoms with van der Waals surface area (Å²) in [6.45, 7) is -0.294. The minimum Gasteiger partial charge on any atom is -0.394 e. The third-order valence-electron chi connectivity index (χ3n) is 2.52. The number of aliphatic hydroxyl groups is 1. The Balaban J connectivity index is 2.16. The number of anilines is 1. The lowest BCUT2D eigenvalue weighted by molar-refractivity contribution is 0.0203. The molecule has 110 valence electrons. The molecule has 0 bridgehead atoms. The summed E-state index contributed by atoms with van der Waals surface area (Å²) >= 11 is 0. The van der Waals surface area contributed by atoms with Crippen molar-refractivity contribution in [2.75, 3.05) is 18.7 Å². The molecule has 2 rings (SSSR count). The summed E-state index contributed by atoms with van der Waals surface area (Å²) in [6.07, 6.45) is 1.15. The Morgan fingerprint density at radius 3 is 2.80 bits per heavy atom. The number of imidazole rings is 1. The summed E-state index contributed by atoms with van der Waals surface area (Å²) in [5.41, 5.74) is 6.59. The molecule has 0 fully saturated rings. The molecule has 0 aromatic carbocycles. The third-order valence-corrected chi connectivity index (χ3v) is 3.01. The molecule has 2 aromatic heterocycles. The van der Waals surface area contributed by atoms with Gasteiger partial charge in [-0.05, 0) is 0 Å². The standard InChI is InChI=1S/C9H14N5O5P/c10-8-7-9(12-3-11-8)13-4-14(7)1-6(2-15)19-5-20(16,17)18/h3-4,6,15H,1-2,5H2,(H2,10,11,12)(H2,16,17,18)/t6-/m0/s1. The smallest absolute Gasteiger partial charge is 0.350 e. The third kappa shape index (κ3) is 3.50. The molecule has 10 nitrogen and oxygen atoms in total. The van der Waals surface area contributed by atoms with Crippen molar-refractivity contribution in [1.82, 2.24) is 19.5 Å². The molecule has 0 amide bonds. The second-order valence-electron chi connectivity index (χ2n) is 4.09. The first-order chi connectivity index (χ1) is 9.40. The van der Waals surface area contributed by atoms with Gasteiger partial charge >= 0.3 is 7.60 Å². The topological polar surface area (TPSA) is 157 Å². The number of aromatic nitrogens is 4. The Labute approximate surface area is 113 Å². The number of hydrogen-bond acceptors (Lipinski definition) is 7. The van der Waals surface area contributed by atoms with Crippen LogP contribution in [0.2, 0.25) is 0 Å². The maximum Gasteiger partial charge on any atom is 0.350 e. The van der Waals surface area contributed by atoms with Gasteiger partial charge in [0.1, 0.15) is 18.2 Å². The molecular weight excluding hydrogens is 289 g/mol. The van der Waals surface area contributed by atoms with Gasteiger partial charge in [-0.1, -0.05) is 0 Å². The van der Waals surface area contributed by atoms with Crippen LogP contribution in [0.15, 0.2) is 12.7 Å². The van der Waals surface area contributed by atoms with Gasteiger partial charge in [-0.2, -0.15) is 0 Å². The van der Waals surface area contributed by atoms with Crippen LogP contribution < -0.4 is 5.73 Å². The van der Waals surface area contributed by atoms with Crippen molar-refractivity contribution in [2.45, 2.75) is 12.6 Å². The number of nitrogen functional groups attached to an aromatic ring is 1. The average molecular weight is 303 g/mol. The first-order valence-corrected chi connectivity index (χ1v) is 7.39. The van der Waals surface area contributed by atoms with Crippen molar-refractivity contribution in [3.63, 3.8) is 0 Å². The SMILES string of the molecule is Nc1ncnc2ncn(C[C@@H](CO)OCP(=O)(O)O)c12. The Morgan fingerprint density at radius 1 is 1.40 bits per heavy atom. The van der Waals surface area contributed by atoms with Crippen LogP contribution in [0.5, 0.6) is 0 Å². The largest absolute Gasteiger partial charge is 0.394 e. The molecule has 2 aromatic rings. The van der Waals surface area contributed by atoms with E-state index in [4.69, 9.17) is 20.3 Å².